The molecule has 2 amide bonds. The van der Waals surface area contributed by atoms with Gasteiger partial charge in [0, 0.05) is 84.8 Å². The Morgan fingerprint density at radius 2 is 1.77 bits per heavy atom. The van der Waals surface area contributed by atoms with Gasteiger partial charge in [0.1, 0.15) is 23.9 Å². The molecule has 60 heavy (non-hydrogen) atoms. The molecule has 2 aromatic heterocycles. The summed E-state index contributed by atoms with van der Waals surface area (Å²) < 4.78 is 24.1. The fourth-order valence-electron chi connectivity index (χ4n) is 7.89. The SMILES string of the molecule is COc1cc(NC(=O)CCN2CCC(OC(=O)Nc3ccccc3-c3ccsc3)CC2)ccc1CNCC(c1ccc(O)c2[nH]c(=O)ccc12)C(C)(C)C(O[SiH2]C)O[SiH2]C. The number of anilines is 2. The molecule has 0 spiro atoms. The highest BCUT2D eigenvalue weighted by Gasteiger charge is 2.40. The van der Waals surface area contributed by atoms with Crippen molar-refractivity contribution in [2.45, 2.75) is 71.1 Å². The minimum absolute atomic E-state index is 0.0138. The van der Waals surface area contributed by atoms with Gasteiger partial charge in [-0.15, -0.1) is 0 Å². The molecule has 5 N–H and O–H groups in total. The van der Waals surface area contributed by atoms with Crippen LogP contribution in [-0.4, -0.2) is 92.2 Å². The molecule has 1 atom stereocenters. The van der Waals surface area contributed by atoms with Crippen LogP contribution < -0.4 is 26.2 Å². The van der Waals surface area contributed by atoms with Crippen LogP contribution in [0.15, 0.2) is 88.4 Å². The first-order chi connectivity index (χ1) is 29.0. The Bertz CT molecular complexity index is 2260. The molecular formula is C44H57N5O8SSi2. The number of para-hydroxylation sites is 1. The van der Waals surface area contributed by atoms with Crippen molar-refractivity contribution in [3.05, 3.63) is 105 Å². The largest absolute Gasteiger partial charge is 0.506 e. The lowest BCUT2D eigenvalue weighted by Crippen LogP contribution is -2.43. The van der Waals surface area contributed by atoms with E-state index in [1.54, 1.807) is 30.6 Å². The first-order valence-corrected chi connectivity index (χ1v) is 25.5. The van der Waals surface area contributed by atoms with Crippen LogP contribution in [0.4, 0.5) is 16.2 Å². The molecule has 3 heterocycles. The lowest BCUT2D eigenvalue weighted by molar-refractivity contribution is -0.116. The van der Waals surface area contributed by atoms with Gasteiger partial charge in [-0.25, -0.2) is 4.79 Å². The van der Waals surface area contributed by atoms with E-state index in [0.29, 0.717) is 55.9 Å². The second-order valence-corrected chi connectivity index (χ2v) is 18.1. The number of phenols is 1. The van der Waals surface area contributed by atoms with Gasteiger partial charge in [0.2, 0.25) is 11.5 Å². The zero-order valence-electron chi connectivity index (χ0n) is 35.0. The smallest absolute Gasteiger partial charge is 0.411 e. The number of aromatic amines is 1. The van der Waals surface area contributed by atoms with E-state index in [0.717, 1.165) is 46.4 Å². The molecule has 1 unspecified atom stereocenters. The molecule has 1 saturated heterocycles. The third-order valence-electron chi connectivity index (χ3n) is 11.1. The predicted molar refractivity (Wildman–Crippen MR) is 245 cm³/mol. The molecule has 1 aliphatic heterocycles. The minimum atomic E-state index is -0.785. The molecule has 0 radical (unpaired) electrons. The number of methoxy groups -OCH3 is 1. The molecule has 1 aliphatic rings. The molecular weight excluding hydrogens is 815 g/mol. The Balaban J connectivity index is 1.01. The maximum absolute atomic E-state index is 13.1. The molecule has 16 heteroatoms. The monoisotopic (exact) mass is 871 g/mol. The first-order valence-electron chi connectivity index (χ1n) is 20.6. The van der Waals surface area contributed by atoms with Gasteiger partial charge >= 0.3 is 6.09 Å². The maximum Gasteiger partial charge on any atom is 0.411 e. The van der Waals surface area contributed by atoms with Crippen molar-refractivity contribution in [1.82, 2.24) is 15.2 Å². The van der Waals surface area contributed by atoms with Crippen molar-refractivity contribution in [2.24, 2.45) is 5.41 Å². The third-order valence-corrected chi connectivity index (χ3v) is 13.1. The number of pyridine rings is 1. The van der Waals surface area contributed by atoms with Crippen LogP contribution in [0, 0.1) is 5.41 Å². The fraction of sp³-hybridized carbons (Fsp3) is 0.386. The summed E-state index contributed by atoms with van der Waals surface area (Å²) in [5.74, 6) is 0.426. The average Bonchev–Trinajstić information content (AvgIpc) is 3.78. The highest BCUT2D eigenvalue weighted by atomic mass is 32.1. The third kappa shape index (κ3) is 11.3. The van der Waals surface area contributed by atoms with Gasteiger partial charge in [-0.2, -0.15) is 11.3 Å². The molecule has 0 aliphatic carbocycles. The van der Waals surface area contributed by atoms with Crippen molar-refractivity contribution < 1.29 is 33.0 Å². The van der Waals surface area contributed by atoms with Gasteiger partial charge in [-0.05, 0) is 65.1 Å². The Hall–Kier alpha value is -4.82. The minimum Gasteiger partial charge on any atom is -0.506 e. The van der Waals surface area contributed by atoms with Crippen LogP contribution in [0.3, 0.4) is 0 Å². The zero-order valence-corrected chi connectivity index (χ0v) is 38.7. The maximum atomic E-state index is 13.1. The number of nitrogens with zero attached hydrogens (tertiary/aromatic N) is 1. The Morgan fingerprint density at radius 3 is 2.48 bits per heavy atom. The number of likely N-dealkylation sites (tertiary alicyclic amines) is 1. The topological polar surface area (TPSA) is 163 Å². The summed E-state index contributed by atoms with van der Waals surface area (Å²) in [6.45, 7) is 11.6. The summed E-state index contributed by atoms with van der Waals surface area (Å²) >= 11 is 1.61. The number of hydrogen-bond acceptors (Lipinski definition) is 11. The number of amides is 2. The normalized spacial score (nSPS) is 15.2. The van der Waals surface area contributed by atoms with Crippen LogP contribution in [0.25, 0.3) is 22.0 Å². The molecule has 320 valence electrons. The summed E-state index contributed by atoms with van der Waals surface area (Å²) in [6.07, 6.45) is 0.669. The van der Waals surface area contributed by atoms with Crippen LogP contribution in [0.5, 0.6) is 11.5 Å². The van der Waals surface area contributed by atoms with E-state index in [-0.39, 0.29) is 29.2 Å². The molecule has 6 rings (SSSR count). The van der Waals surface area contributed by atoms with Crippen LogP contribution in [-0.2, 0) is 24.9 Å². The lowest BCUT2D eigenvalue weighted by Gasteiger charge is -2.41. The van der Waals surface area contributed by atoms with E-state index in [1.807, 2.05) is 65.4 Å². The Morgan fingerprint density at radius 1 is 1.00 bits per heavy atom. The highest BCUT2D eigenvalue weighted by Crippen LogP contribution is 2.43. The predicted octanol–water partition coefficient (Wildman–Crippen LogP) is 6.54. The number of piperidine rings is 1. The molecule has 5 aromatic rings. The standard InChI is InChI=1S/C44H57N5O8SSi2/c1-44(2,42(56-59-4)57-60-5)35(33-12-14-37(50)41-34(33)13-15-39(51)48-41)26-45-25-28-10-11-30(24-38(28)54-3)46-40(52)18-22-49-20-16-31(17-21-49)55-43(53)47-36-9-7-6-8-32(36)29-19-23-58-27-29/h6-15,19,23-24,27,31,35,42,45,50H,16-18,20-22,25-26,59-60H2,1-5H3,(H,46,52)(H,47,53)(H,48,51). The van der Waals surface area contributed by atoms with E-state index in [2.05, 4.69) is 52.8 Å². The van der Waals surface area contributed by atoms with Crippen molar-refractivity contribution in [2.75, 3.05) is 43.9 Å². The summed E-state index contributed by atoms with van der Waals surface area (Å²) in [7, 11) is 0.0441. The second kappa shape index (κ2) is 21.1. The second-order valence-electron chi connectivity index (χ2n) is 15.5. The molecule has 3 aromatic carbocycles. The number of rotatable bonds is 19. The fourth-order valence-corrected chi connectivity index (χ4v) is 10.4. The number of nitrogens with one attached hydrogen (secondary N) is 4. The van der Waals surface area contributed by atoms with E-state index in [1.165, 1.54) is 6.07 Å². The summed E-state index contributed by atoms with van der Waals surface area (Å²) in [6, 6.07) is 22.2. The van der Waals surface area contributed by atoms with Crippen molar-refractivity contribution in [3.8, 4) is 22.6 Å². The number of aromatic nitrogens is 1. The van der Waals surface area contributed by atoms with Gasteiger partial charge in [0.15, 0.2) is 19.5 Å². The van der Waals surface area contributed by atoms with Crippen LogP contribution >= 0.6 is 11.3 Å². The van der Waals surface area contributed by atoms with E-state index < -0.39 is 37.3 Å². The number of thiophene rings is 1. The van der Waals surface area contributed by atoms with Gasteiger partial charge in [-0.1, -0.05) is 57.3 Å². The summed E-state index contributed by atoms with van der Waals surface area (Å²) in [5, 5.41) is 25.0. The Labute approximate surface area is 360 Å². The van der Waals surface area contributed by atoms with E-state index >= 15 is 0 Å². The molecule has 1 fully saturated rings. The number of ether oxygens (including phenoxy) is 2. The van der Waals surface area contributed by atoms with Crippen molar-refractivity contribution >= 4 is 65.1 Å². The van der Waals surface area contributed by atoms with E-state index in [4.69, 9.17) is 18.3 Å². The number of benzene rings is 3. The van der Waals surface area contributed by atoms with Gasteiger partial charge in [0.25, 0.3) is 0 Å². The molecule has 13 nitrogen and oxygen atoms in total. The molecule has 0 saturated carbocycles. The summed E-state index contributed by atoms with van der Waals surface area (Å²) in [4.78, 5) is 43.1. The highest BCUT2D eigenvalue weighted by molar-refractivity contribution is 7.08. The van der Waals surface area contributed by atoms with Gasteiger partial charge < -0.3 is 43.9 Å². The van der Waals surface area contributed by atoms with Gasteiger partial charge in [0.05, 0.1) is 18.3 Å². The molecule has 0 bridgehead atoms. The first kappa shape index (κ1) is 44.7. The number of carbonyl (C=O) groups is 2. The number of fused-ring (bicyclic) bond motifs is 1. The number of H-pyrrole nitrogens is 1. The lowest BCUT2D eigenvalue weighted by atomic mass is 9.73. The summed E-state index contributed by atoms with van der Waals surface area (Å²) in [5.41, 5.74) is 4.89. The van der Waals surface area contributed by atoms with Crippen LogP contribution in [0.2, 0.25) is 13.1 Å². The number of aromatic hydroxyl groups is 1. The van der Waals surface area contributed by atoms with Gasteiger partial charge in [-0.3, -0.25) is 14.9 Å². The number of carbonyl (C=O) groups excluding carboxylic acids is 2. The number of phenolic OH excluding ortho intramolecular Hbond substituents is 1. The quantitative estimate of drug-likeness (QED) is 0.0456. The van der Waals surface area contributed by atoms with E-state index in [9.17, 15) is 19.5 Å². The van der Waals surface area contributed by atoms with Crippen molar-refractivity contribution in [1.29, 1.82) is 0 Å². The van der Waals surface area contributed by atoms with Crippen molar-refractivity contribution in [3.63, 3.8) is 0 Å². The van der Waals surface area contributed by atoms with Crippen LogP contribution in [0.1, 0.15) is 50.2 Å². The zero-order chi connectivity index (χ0) is 42.6. The number of hydrogen-bond donors (Lipinski definition) is 5. The Kier molecular flexibility index (Phi) is 15.7. The average molecular weight is 872 g/mol.